The fourth-order valence-electron chi connectivity index (χ4n) is 5.25. The summed E-state index contributed by atoms with van der Waals surface area (Å²) in [5, 5.41) is 39.7. The van der Waals surface area contributed by atoms with Crippen LogP contribution in [-0.4, -0.2) is 103 Å². The highest BCUT2D eigenvalue weighted by Crippen LogP contribution is 2.29. The van der Waals surface area contributed by atoms with E-state index in [0.29, 0.717) is 12.8 Å². The fraction of sp³-hybridized carbons (Fsp3) is 0.848. The highest BCUT2D eigenvalue weighted by molar-refractivity contribution is 7.99. The van der Waals surface area contributed by atoms with E-state index >= 15 is 0 Å². The molecule has 6 N–H and O–H groups in total. The normalized spacial score (nSPS) is 20.4. The van der Waals surface area contributed by atoms with Crippen LogP contribution in [0.2, 0.25) is 0 Å². The van der Waals surface area contributed by atoms with Crippen molar-refractivity contribution in [3.8, 4) is 0 Å². The largest absolute Gasteiger partial charge is 0.462 e. The topological polar surface area (TPSA) is 208 Å². The average Bonchev–Trinajstić information content (AvgIpc) is 3.65. The molecule has 6 atom stereocenters. The number of amides is 1. The lowest BCUT2D eigenvalue weighted by atomic mass is 10.1. The van der Waals surface area contributed by atoms with Crippen molar-refractivity contribution in [3.05, 3.63) is 6.20 Å². The number of carbonyl (C=O) groups is 3. The number of carbonyl (C=O) groups excluding carboxylic acids is 3. The van der Waals surface area contributed by atoms with Crippen molar-refractivity contribution in [1.29, 1.82) is 0 Å². The van der Waals surface area contributed by atoms with Crippen LogP contribution in [0, 0.1) is 0 Å². The molecule has 48 heavy (non-hydrogen) atoms. The summed E-state index contributed by atoms with van der Waals surface area (Å²) in [7, 11) is 0. The molecule has 1 aliphatic heterocycles. The van der Waals surface area contributed by atoms with E-state index in [1.54, 1.807) is 0 Å². The number of anilines is 1. The first-order valence-corrected chi connectivity index (χ1v) is 18.9. The molecule has 1 fully saturated rings. The zero-order valence-electron chi connectivity index (χ0n) is 28.8. The van der Waals surface area contributed by atoms with Crippen LogP contribution in [0.15, 0.2) is 6.20 Å². The van der Waals surface area contributed by atoms with Crippen LogP contribution in [0.5, 0.6) is 0 Å². The summed E-state index contributed by atoms with van der Waals surface area (Å²) in [6, 6.07) is -0.946. The lowest BCUT2D eigenvalue weighted by Crippen LogP contribution is -2.38. The second kappa shape index (κ2) is 24.8. The van der Waals surface area contributed by atoms with E-state index in [0.717, 1.165) is 49.6 Å². The van der Waals surface area contributed by atoms with Gasteiger partial charge in [0.1, 0.15) is 31.0 Å². The van der Waals surface area contributed by atoms with Crippen molar-refractivity contribution in [2.45, 2.75) is 153 Å². The third-order valence-corrected chi connectivity index (χ3v) is 9.38. The van der Waals surface area contributed by atoms with Gasteiger partial charge in [0.2, 0.25) is 5.91 Å². The number of hydrogen-bond donors (Lipinski definition) is 5. The molecule has 1 aromatic rings. The average molecular weight is 702 g/mol. The number of hydrogen-bond acceptors (Lipinski definition) is 13. The molecule has 1 aliphatic rings. The van der Waals surface area contributed by atoms with E-state index in [1.165, 1.54) is 62.9 Å². The summed E-state index contributed by atoms with van der Waals surface area (Å²) >= 11 is 1.30. The Bertz CT molecular complexity index is 1050. The van der Waals surface area contributed by atoms with Gasteiger partial charge in [0.05, 0.1) is 18.8 Å². The summed E-state index contributed by atoms with van der Waals surface area (Å²) < 4.78 is 17.7. The van der Waals surface area contributed by atoms with Gasteiger partial charge in [0.15, 0.2) is 12.0 Å². The fourth-order valence-corrected chi connectivity index (χ4v) is 6.22. The van der Waals surface area contributed by atoms with Crippen molar-refractivity contribution in [2.24, 2.45) is 5.73 Å². The monoisotopic (exact) mass is 701 g/mol. The molecule has 0 aliphatic carbocycles. The van der Waals surface area contributed by atoms with Crippen molar-refractivity contribution in [3.63, 3.8) is 0 Å². The molecular formula is C33H59N5O9S. The van der Waals surface area contributed by atoms with Gasteiger partial charge in [-0.05, 0) is 12.8 Å². The number of nitrogens with two attached hydrogens (primary N) is 1. The summed E-state index contributed by atoms with van der Waals surface area (Å²) in [4.78, 5) is 37.7. The smallest absolute Gasteiger partial charge is 0.306 e. The minimum absolute atomic E-state index is 0.0585. The molecule has 15 heteroatoms. The third-order valence-electron chi connectivity index (χ3n) is 8.17. The first-order valence-electron chi connectivity index (χ1n) is 17.7. The molecule has 0 aromatic carbocycles. The Morgan fingerprint density at radius 1 is 0.917 bits per heavy atom. The van der Waals surface area contributed by atoms with Crippen LogP contribution in [0.1, 0.15) is 123 Å². The summed E-state index contributed by atoms with van der Waals surface area (Å²) in [5.74, 6) is -0.658. The third kappa shape index (κ3) is 16.4. The van der Waals surface area contributed by atoms with E-state index in [-0.39, 0.29) is 35.9 Å². The zero-order valence-corrected chi connectivity index (χ0v) is 29.6. The van der Waals surface area contributed by atoms with Gasteiger partial charge in [-0.2, -0.15) is 11.8 Å². The first kappa shape index (κ1) is 41.9. The van der Waals surface area contributed by atoms with E-state index < -0.39 is 49.2 Å². The molecule has 1 aromatic heterocycles. The Labute approximate surface area is 289 Å². The number of thioether (sulfide) groups is 1. The highest BCUT2D eigenvalue weighted by Gasteiger charge is 2.44. The van der Waals surface area contributed by atoms with Gasteiger partial charge in [-0.15, -0.1) is 5.10 Å². The van der Waals surface area contributed by atoms with E-state index in [9.17, 15) is 29.7 Å². The molecule has 2 heterocycles. The Morgan fingerprint density at radius 2 is 1.50 bits per heavy atom. The molecular weight excluding hydrogens is 642 g/mol. The number of unbranched alkanes of at least 4 members (excludes halogenated alkanes) is 12. The Morgan fingerprint density at radius 3 is 2.08 bits per heavy atom. The number of aliphatic hydroxyl groups is 3. The minimum Gasteiger partial charge on any atom is -0.462 e. The maximum absolute atomic E-state index is 12.7. The Hall–Kier alpha value is -2.30. The molecule has 276 valence electrons. The van der Waals surface area contributed by atoms with Crippen molar-refractivity contribution >= 4 is 35.4 Å². The Balaban J connectivity index is 1.80. The van der Waals surface area contributed by atoms with Gasteiger partial charge in [0.25, 0.3) is 0 Å². The molecule has 0 saturated carbocycles. The van der Waals surface area contributed by atoms with Crippen LogP contribution in [-0.2, 0) is 28.6 Å². The predicted molar refractivity (Wildman–Crippen MR) is 183 cm³/mol. The molecule has 2 rings (SSSR count). The lowest BCUT2D eigenvalue weighted by molar-refractivity contribution is -0.157. The van der Waals surface area contributed by atoms with Gasteiger partial charge >= 0.3 is 11.9 Å². The summed E-state index contributed by atoms with van der Waals surface area (Å²) in [6.45, 7) is 3.81. The molecule has 14 nitrogen and oxygen atoms in total. The lowest BCUT2D eigenvalue weighted by Gasteiger charge is -2.19. The number of rotatable bonds is 27. The van der Waals surface area contributed by atoms with Crippen LogP contribution < -0.4 is 11.1 Å². The number of nitrogens with zero attached hydrogens (tertiary/aromatic N) is 3. The van der Waals surface area contributed by atoms with Gasteiger partial charge in [-0.3, -0.25) is 14.4 Å². The first-order chi connectivity index (χ1) is 23.2. The van der Waals surface area contributed by atoms with E-state index in [4.69, 9.17) is 19.9 Å². The maximum Gasteiger partial charge on any atom is 0.306 e. The minimum atomic E-state index is -1.34. The van der Waals surface area contributed by atoms with Crippen LogP contribution in [0.25, 0.3) is 0 Å². The van der Waals surface area contributed by atoms with Gasteiger partial charge in [-0.1, -0.05) is 96.1 Å². The molecule has 1 unspecified atom stereocenters. The number of esters is 2. The van der Waals surface area contributed by atoms with Crippen molar-refractivity contribution in [2.75, 3.05) is 30.0 Å². The maximum atomic E-state index is 12.7. The number of nitrogens with one attached hydrogen (secondary N) is 1. The Kier molecular flexibility index (Phi) is 21.6. The van der Waals surface area contributed by atoms with E-state index in [2.05, 4.69) is 29.5 Å². The number of ether oxygens (including phenoxy) is 3. The quantitative estimate of drug-likeness (QED) is 0.0657. The SMILES string of the molecule is CCCCCCCCCC(=O)OC[C@H](CSC[C@@H](N)C(=O)Nc1cn([C@H]2OC(CO)[C@@H](O)[C@H]2O)nn1)OC(=O)CCCCCCCCC. The molecule has 0 bridgehead atoms. The van der Waals surface area contributed by atoms with Crippen molar-refractivity contribution < 1.29 is 43.9 Å². The van der Waals surface area contributed by atoms with Crippen LogP contribution >= 0.6 is 11.8 Å². The van der Waals surface area contributed by atoms with Crippen molar-refractivity contribution in [1.82, 2.24) is 15.0 Å². The summed E-state index contributed by atoms with van der Waals surface area (Å²) in [5.41, 5.74) is 6.10. The van der Waals surface area contributed by atoms with Gasteiger partial charge in [0, 0.05) is 24.3 Å². The zero-order chi connectivity index (χ0) is 35.1. The standard InChI is InChI=1S/C33H59N5O9S/c1-3-5-7-9-11-13-15-17-28(40)45-21-24(46-29(41)18-16-14-12-10-8-6-4-2)22-48-23-25(34)32(44)35-27-19-38(37-36-27)33-31(43)30(42)26(20-39)47-33/h19,24-26,30-31,33,39,42-43H,3-18,20-23,34H2,1-2H3,(H,35,44)/t24-,25-,26?,30-,31-,33+/m1/s1. The number of aliphatic hydroxyl groups excluding tert-OH is 3. The highest BCUT2D eigenvalue weighted by atomic mass is 32.2. The van der Waals surface area contributed by atoms with Crippen LogP contribution in [0.3, 0.4) is 0 Å². The summed E-state index contributed by atoms with van der Waals surface area (Å²) in [6.07, 6.45) is 11.8. The van der Waals surface area contributed by atoms with Gasteiger partial charge < -0.3 is 40.6 Å². The molecule has 0 spiro atoms. The predicted octanol–water partition coefficient (Wildman–Crippen LogP) is 3.63. The second-order valence-corrected chi connectivity index (χ2v) is 13.6. The molecule has 1 saturated heterocycles. The van der Waals surface area contributed by atoms with Gasteiger partial charge in [-0.25, -0.2) is 4.68 Å². The van der Waals surface area contributed by atoms with Crippen LogP contribution in [0.4, 0.5) is 5.82 Å². The number of aromatic nitrogens is 3. The van der Waals surface area contributed by atoms with E-state index in [1.807, 2.05) is 0 Å². The molecule has 1 amide bonds. The molecule has 0 radical (unpaired) electrons. The second-order valence-electron chi connectivity index (χ2n) is 12.5.